The first kappa shape index (κ1) is 11.2. The molecule has 1 unspecified atom stereocenters. The number of carbonyl (C=O) groups excluding carboxylic acids is 1. The van der Waals surface area contributed by atoms with Crippen LogP contribution in [0.5, 0.6) is 0 Å². The Bertz CT molecular complexity index is 362. The molecule has 1 heterocycles. The van der Waals surface area contributed by atoms with Crippen LogP contribution in [0.3, 0.4) is 0 Å². The first-order valence-corrected chi connectivity index (χ1v) is 4.41. The van der Waals surface area contributed by atoms with Crippen molar-refractivity contribution in [1.82, 2.24) is 20.5 Å². The van der Waals surface area contributed by atoms with Crippen molar-refractivity contribution in [2.45, 2.75) is 25.8 Å². The highest BCUT2D eigenvalue weighted by Gasteiger charge is 2.33. The fourth-order valence-electron chi connectivity index (χ4n) is 0.918. The molecule has 1 rings (SSSR count). The van der Waals surface area contributed by atoms with E-state index < -0.39 is 17.4 Å². The quantitative estimate of drug-likeness (QED) is 0.639. The van der Waals surface area contributed by atoms with Gasteiger partial charge in [-0.3, -0.25) is 9.89 Å². The third-order valence-electron chi connectivity index (χ3n) is 2.20. The molecule has 0 saturated carbocycles. The maximum absolute atomic E-state index is 11.5. The van der Waals surface area contributed by atoms with Crippen LogP contribution in [0, 0.1) is 0 Å². The van der Waals surface area contributed by atoms with Crippen LogP contribution in [0.2, 0.25) is 0 Å². The van der Waals surface area contributed by atoms with Gasteiger partial charge < -0.3 is 10.4 Å². The predicted octanol–water partition coefficient (Wildman–Crippen LogP) is -0.212. The summed E-state index contributed by atoms with van der Waals surface area (Å²) in [7, 11) is 0. The van der Waals surface area contributed by atoms with E-state index >= 15 is 0 Å². The van der Waals surface area contributed by atoms with Gasteiger partial charge in [0.2, 0.25) is 5.82 Å². The second-order valence-corrected chi connectivity index (χ2v) is 3.28. The minimum absolute atomic E-state index is 0.00377. The van der Waals surface area contributed by atoms with E-state index in [0.717, 1.165) is 0 Å². The Kier molecular flexibility index (Phi) is 3.03. The molecule has 1 atom stereocenters. The average Bonchev–Trinajstić information content (AvgIpc) is 2.70. The van der Waals surface area contributed by atoms with Crippen molar-refractivity contribution in [2.24, 2.45) is 0 Å². The van der Waals surface area contributed by atoms with Crippen molar-refractivity contribution < 1.29 is 14.7 Å². The topological polar surface area (TPSA) is 108 Å². The molecule has 0 aliphatic carbocycles. The zero-order valence-electron chi connectivity index (χ0n) is 8.44. The molecule has 3 N–H and O–H groups in total. The van der Waals surface area contributed by atoms with E-state index in [2.05, 4.69) is 20.5 Å². The number of aromatic nitrogens is 3. The standard InChI is InChI=1S/C8H12N4O3/c1-3-8(2,7(14)15)11-6(13)5-9-4-10-12-5/h4H,3H2,1-2H3,(H,11,13)(H,14,15)(H,9,10,12). The zero-order valence-corrected chi connectivity index (χ0v) is 8.44. The molecule has 0 radical (unpaired) electrons. The molecule has 0 saturated heterocycles. The summed E-state index contributed by atoms with van der Waals surface area (Å²) in [5.74, 6) is -1.67. The summed E-state index contributed by atoms with van der Waals surface area (Å²) in [5, 5.41) is 17.1. The van der Waals surface area contributed by atoms with Crippen molar-refractivity contribution in [3.05, 3.63) is 12.2 Å². The molecule has 0 spiro atoms. The van der Waals surface area contributed by atoms with Gasteiger partial charge in [-0.2, -0.15) is 5.10 Å². The van der Waals surface area contributed by atoms with E-state index in [1.807, 2.05) is 0 Å². The average molecular weight is 212 g/mol. The van der Waals surface area contributed by atoms with Gasteiger partial charge in [0.1, 0.15) is 11.9 Å². The number of carboxylic acids is 1. The lowest BCUT2D eigenvalue weighted by Crippen LogP contribution is -2.51. The van der Waals surface area contributed by atoms with Gasteiger partial charge in [0.05, 0.1) is 0 Å². The Hall–Kier alpha value is -1.92. The highest BCUT2D eigenvalue weighted by Crippen LogP contribution is 2.09. The van der Waals surface area contributed by atoms with E-state index in [-0.39, 0.29) is 12.2 Å². The van der Waals surface area contributed by atoms with Crippen LogP contribution in [0.15, 0.2) is 6.33 Å². The van der Waals surface area contributed by atoms with Crippen LogP contribution >= 0.6 is 0 Å². The van der Waals surface area contributed by atoms with Crippen molar-refractivity contribution in [1.29, 1.82) is 0 Å². The van der Waals surface area contributed by atoms with Crippen LogP contribution in [0.4, 0.5) is 0 Å². The van der Waals surface area contributed by atoms with Gasteiger partial charge in [-0.15, -0.1) is 0 Å². The lowest BCUT2D eigenvalue weighted by atomic mass is 9.99. The fourth-order valence-corrected chi connectivity index (χ4v) is 0.918. The van der Waals surface area contributed by atoms with Gasteiger partial charge in [-0.1, -0.05) is 6.92 Å². The van der Waals surface area contributed by atoms with Crippen molar-refractivity contribution in [2.75, 3.05) is 0 Å². The monoisotopic (exact) mass is 212 g/mol. The number of carboxylic acid groups (broad SMARTS) is 1. The summed E-state index contributed by atoms with van der Waals surface area (Å²) in [6, 6.07) is 0. The van der Waals surface area contributed by atoms with Gasteiger partial charge in [-0.25, -0.2) is 9.78 Å². The Balaban J connectivity index is 2.77. The summed E-state index contributed by atoms with van der Waals surface area (Å²) in [4.78, 5) is 26.0. The van der Waals surface area contributed by atoms with Gasteiger partial charge in [0, 0.05) is 0 Å². The van der Waals surface area contributed by atoms with Crippen LogP contribution in [-0.4, -0.2) is 37.7 Å². The van der Waals surface area contributed by atoms with E-state index in [4.69, 9.17) is 5.11 Å². The molecule has 0 fully saturated rings. The van der Waals surface area contributed by atoms with Gasteiger partial charge >= 0.3 is 5.97 Å². The molecule has 7 heteroatoms. The fraction of sp³-hybridized carbons (Fsp3) is 0.500. The van der Waals surface area contributed by atoms with Crippen LogP contribution in [0.25, 0.3) is 0 Å². The second-order valence-electron chi connectivity index (χ2n) is 3.28. The van der Waals surface area contributed by atoms with Crippen molar-refractivity contribution in [3.63, 3.8) is 0 Å². The summed E-state index contributed by atoms with van der Waals surface area (Å²) in [6.45, 7) is 3.11. The van der Waals surface area contributed by atoms with E-state index in [9.17, 15) is 9.59 Å². The molecule has 7 nitrogen and oxygen atoms in total. The predicted molar refractivity (Wildman–Crippen MR) is 50.2 cm³/mol. The number of aromatic amines is 1. The van der Waals surface area contributed by atoms with E-state index in [1.165, 1.54) is 13.3 Å². The van der Waals surface area contributed by atoms with Crippen LogP contribution in [-0.2, 0) is 4.79 Å². The number of amides is 1. The Labute approximate surface area is 85.9 Å². The molecule has 15 heavy (non-hydrogen) atoms. The number of hydrogen-bond donors (Lipinski definition) is 3. The number of H-pyrrole nitrogens is 1. The minimum atomic E-state index is -1.29. The van der Waals surface area contributed by atoms with Crippen LogP contribution < -0.4 is 5.32 Å². The number of nitrogens with one attached hydrogen (secondary N) is 2. The van der Waals surface area contributed by atoms with Gasteiger partial charge in [0.15, 0.2) is 0 Å². The second kappa shape index (κ2) is 4.07. The molecule has 0 aliphatic heterocycles. The summed E-state index contributed by atoms with van der Waals surface area (Å²) in [6.07, 6.45) is 1.46. The highest BCUT2D eigenvalue weighted by atomic mass is 16.4. The molecule has 1 amide bonds. The molecular weight excluding hydrogens is 200 g/mol. The number of rotatable bonds is 4. The summed E-state index contributed by atoms with van der Waals surface area (Å²) in [5.41, 5.74) is -1.29. The summed E-state index contributed by atoms with van der Waals surface area (Å²) >= 11 is 0. The largest absolute Gasteiger partial charge is 0.480 e. The molecular formula is C8H12N4O3. The third-order valence-corrected chi connectivity index (χ3v) is 2.20. The normalized spacial score (nSPS) is 14.3. The lowest BCUT2D eigenvalue weighted by molar-refractivity contribution is -0.143. The molecule has 0 aliphatic rings. The lowest BCUT2D eigenvalue weighted by Gasteiger charge is -2.23. The maximum Gasteiger partial charge on any atom is 0.329 e. The minimum Gasteiger partial charge on any atom is -0.480 e. The van der Waals surface area contributed by atoms with Crippen molar-refractivity contribution >= 4 is 11.9 Å². The van der Waals surface area contributed by atoms with Gasteiger partial charge in [0.25, 0.3) is 5.91 Å². The van der Waals surface area contributed by atoms with Gasteiger partial charge in [-0.05, 0) is 13.3 Å². The first-order chi connectivity index (χ1) is 6.99. The third kappa shape index (κ3) is 2.30. The number of carbonyl (C=O) groups is 2. The molecule has 82 valence electrons. The van der Waals surface area contributed by atoms with E-state index in [1.54, 1.807) is 6.92 Å². The highest BCUT2D eigenvalue weighted by molar-refractivity contribution is 5.94. The Morgan fingerprint density at radius 3 is 2.73 bits per heavy atom. The Morgan fingerprint density at radius 2 is 2.33 bits per heavy atom. The number of hydrogen-bond acceptors (Lipinski definition) is 4. The molecule has 1 aromatic rings. The summed E-state index contributed by atoms with van der Waals surface area (Å²) < 4.78 is 0. The SMILES string of the molecule is CCC(C)(NC(=O)c1ncn[nH]1)C(=O)O. The first-order valence-electron chi connectivity index (χ1n) is 4.41. The smallest absolute Gasteiger partial charge is 0.329 e. The number of nitrogens with zero attached hydrogens (tertiary/aromatic N) is 2. The van der Waals surface area contributed by atoms with Crippen LogP contribution in [0.1, 0.15) is 30.9 Å². The number of aliphatic carboxylic acids is 1. The Morgan fingerprint density at radius 1 is 1.67 bits per heavy atom. The zero-order chi connectivity index (χ0) is 11.5. The maximum atomic E-state index is 11.5. The van der Waals surface area contributed by atoms with E-state index in [0.29, 0.717) is 0 Å². The molecule has 0 bridgehead atoms. The molecule has 0 aromatic carbocycles. The van der Waals surface area contributed by atoms with Crippen molar-refractivity contribution in [3.8, 4) is 0 Å². The molecule has 1 aromatic heterocycles.